The molecule has 0 spiro atoms. The van der Waals surface area contributed by atoms with Crippen LogP contribution >= 0.6 is 0 Å². The molecule has 0 aliphatic rings. The molecule has 0 radical (unpaired) electrons. The van der Waals surface area contributed by atoms with E-state index in [-0.39, 0.29) is 10.9 Å². The zero-order valence-electron chi connectivity index (χ0n) is 10.1. The van der Waals surface area contributed by atoms with Crippen LogP contribution in [0.3, 0.4) is 0 Å². The van der Waals surface area contributed by atoms with Crippen molar-refractivity contribution >= 4 is 21.0 Å². The van der Waals surface area contributed by atoms with Gasteiger partial charge in [-0.05, 0) is 18.1 Å². The molecule has 2 rings (SSSR count). The van der Waals surface area contributed by atoms with E-state index in [0.29, 0.717) is 18.4 Å². The van der Waals surface area contributed by atoms with Gasteiger partial charge in [0.15, 0.2) is 0 Å². The van der Waals surface area contributed by atoms with Gasteiger partial charge >= 0.3 is 5.69 Å². The maximum Gasteiger partial charge on any atom is 0.326 e. The smallest absolute Gasteiger partial charge is 0.305 e. The lowest BCUT2D eigenvalue weighted by Gasteiger charge is -2.09. The zero-order chi connectivity index (χ0) is 14.2. The molecule has 0 aliphatic heterocycles. The SMILES string of the molecule is CCCc1ccc2c(=O)[nH]c(=O)[nH]c2c1S(=O)(=O)O. The number of aromatic nitrogens is 2. The molecule has 0 atom stereocenters. The summed E-state index contributed by atoms with van der Waals surface area (Å²) in [6, 6.07) is 2.88. The van der Waals surface area contributed by atoms with Crippen LogP contribution in [0.2, 0.25) is 0 Å². The average Bonchev–Trinajstić information content (AvgIpc) is 2.26. The summed E-state index contributed by atoms with van der Waals surface area (Å²) in [7, 11) is -4.54. The minimum atomic E-state index is -4.54. The molecule has 0 saturated carbocycles. The first-order chi connectivity index (χ1) is 8.84. The summed E-state index contributed by atoms with van der Waals surface area (Å²) in [6.45, 7) is 1.85. The van der Waals surface area contributed by atoms with Crippen molar-refractivity contribution in [3.63, 3.8) is 0 Å². The number of rotatable bonds is 3. The predicted octanol–water partition coefficient (Wildman–Crippen LogP) is 0.416. The van der Waals surface area contributed by atoms with Crippen LogP contribution in [0.25, 0.3) is 10.9 Å². The van der Waals surface area contributed by atoms with Gasteiger partial charge in [0, 0.05) is 0 Å². The fourth-order valence-corrected chi connectivity index (χ4v) is 2.94. The van der Waals surface area contributed by atoms with Crippen LogP contribution in [0.15, 0.2) is 26.6 Å². The lowest BCUT2D eigenvalue weighted by atomic mass is 10.1. The molecule has 0 saturated heterocycles. The lowest BCUT2D eigenvalue weighted by Crippen LogP contribution is -2.23. The maximum atomic E-state index is 11.6. The van der Waals surface area contributed by atoms with Crippen LogP contribution in [0.1, 0.15) is 18.9 Å². The number of hydrogen-bond donors (Lipinski definition) is 3. The van der Waals surface area contributed by atoms with Gasteiger partial charge in [0.25, 0.3) is 15.7 Å². The van der Waals surface area contributed by atoms with Crippen LogP contribution in [-0.4, -0.2) is 22.9 Å². The molecule has 1 aromatic heterocycles. The van der Waals surface area contributed by atoms with Crippen molar-refractivity contribution in [2.45, 2.75) is 24.7 Å². The number of aryl methyl sites for hydroxylation is 1. The van der Waals surface area contributed by atoms with E-state index in [0.717, 1.165) is 0 Å². The van der Waals surface area contributed by atoms with E-state index in [1.807, 2.05) is 11.9 Å². The van der Waals surface area contributed by atoms with Gasteiger partial charge in [0.2, 0.25) is 0 Å². The third-order valence-electron chi connectivity index (χ3n) is 2.73. The first-order valence-corrected chi connectivity index (χ1v) is 7.04. The van der Waals surface area contributed by atoms with Crippen LogP contribution in [0, 0.1) is 0 Å². The molecule has 1 aromatic carbocycles. The van der Waals surface area contributed by atoms with Gasteiger partial charge in [-0.15, -0.1) is 0 Å². The van der Waals surface area contributed by atoms with Gasteiger partial charge in [0.05, 0.1) is 10.9 Å². The number of aromatic amines is 2. The lowest BCUT2D eigenvalue weighted by molar-refractivity contribution is 0.483. The predicted molar refractivity (Wildman–Crippen MR) is 69.0 cm³/mol. The van der Waals surface area contributed by atoms with Crippen molar-refractivity contribution in [1.29, 1.82) is 0 Å². The Morgan fingerprint density at radius 1 is 1.21 bits per heavy atom. The topological polar surface area (TPSA) is 120 Å². The number of nitrogens with one attached hydrogen (secondary N) is 2. The van der Waals surface area contributed by atoms with Crippen LogP contribution in [-0.2, 0) is 16.5 Å². The number of H-pyrrole nitrogens is 2. The second-order valence-electron chi connectivity index (χ2n) is 4.11. The molecule has 7 nitrogen and oxygen atoms in total. The third kappa shape index (κ3) is 2.45. The molecule has 0 amide bonds. The average molecular weight is 284 g/mol. The normalized spacial score (nSPS) is 11.9. The molecular formula is C11H12N2O5S. The maximum absolute atomic E-state index is 11.6. The molecule has 3 N–H and O–H groups in total. The van der Waals surface area contributed by atoms with E-state index in [1.165, 1.54) is 12.1 Å². The standard InChI is InChI=1S/C11H12N2O5S/c1-2-3-6-4-5-7-8(9(6)19(16,17)18)12-11(15)13-10(7)14/h4-5H,2-3H2,1H3,(H,16,17,18)(H2,12,13,14,15). The van der Waals surface area contributed by atoms with Crippen molar-refractivity contribution in [2.24, 2.45) is 0 Å². The third-order valence-corrected chi connectivity index (χ3v) is 3.71. The second kappa shape index (κ2) is 4.63. The molecule has 0 bridgehead atoms. The van der Waals surface area contributed by atoms with Gasteiger partial charge in [0.1, 0.15) is 4.90 Å². The van der Waals surface area contributed by atoms with Crippen LogP contribution in [0.4, 0.5) is 0 Å². The van der Waals surface area contributed by atoms with Crippen molar-refractivity contribution in [3.8, 4) is 0 Å². The van der Waals surface area contributed by atoms with Gasteiger partial charge < -0.3 is 4.98 Å². The number of benzene rings is 1. The summed E-state index contributed by atoms with van der Waals surface area (Å²) < 4.78 is 32.3. The highest BCUT2D eigenvalue weighted by Crippen LogP contribution is 2.23. The van der Waals surface area contributed by atoms with Crippen molar-refractivity contribution in [2.75, 3.05) is 0 Å². The van der Waals surface area contributed by atoms with Crippen LogP contribution < -0.4 is 11.2 Å². The first kappa shape index (κ1) is 13.5. The van der Waals surface area contributed by atoms with E-state index in [4.69, 9.17) is 0 Å². The minimum Gasteiger partial charge on any atom is -0.305 e. The van der Waals surface area contributed by atoms with Gasteiger partial charge in [-0.1, -0.05) is 19.4 Å². The molecular weight excluding hydrogens is 272 g/mol. The Morgan fingerprint density at radius 2 is 1.89 bits per heavy atom. The Hall–Kier alpha value is -1.93. The zero-order valence-corrected chi connectivity index (χ0v) is 10.9. The van der Waals surface area contributed by atoms with E-state index in [2.05, 4.69) is 4.98 Å². The minimum absolute atomic E-state index is 0.00655. The Kier molecular flexibility index (Phi) is 3.29. The monoisotopic (exact) mass is 284 g/mol. The quantitative estimate of drug-likeness (QED) is 0.705. The number of hydrogen-bond acceptors (Lipinski definition) is 4. The fourth-order valence-electron chi connectivity index (χ4n) is 2.02. The highest BCUT2D eigenvalue weighted by Gasteiger charge is 2.20. The molecule has 0 fully saturated rings. The number of fused-ring (bicyclic) bond motifs is 1. The summed E-state index contributed by atoms with van der Waals surface area (Å²) in [4.78, 5) is 26.7. The largest absolute Gasteiger partial charge is 0.326 e. The molecule has 0 aliphatic carbocycles. The fraction of sp³-hybridized carbons (Fsp3) is 0.273. The molecule has 0 unspecified atom stereocenters. The summed E-state index contributed by atoms with van der Waals surface area (Å²) >= 11 is 0. The molecule has 19 heavy (non-hydrogen) atoms. The molecule has 1 heterocycles. The highest BCUT2D eigenvalue weighted by molar-refractivity contribution is 7.86. The summed E-state index contributed by atoms with van der Waals surface area (Å²) in [6.07, 6.45) is 1.06. The van der Waals surface area contributed by atoms with Gasteiger partial charge in [-0.3, -0.25) is 14.3 Å². The highest BCUT2D eigenvalue weighted by atomic mass is 32.2. The summed E-state index contributed by atoms with van der Waals surface area (Å²) in [5.74, 6) is 0. The Morgan fingerprint density at radius 3 is 2.47 bits per heavy atom. The van der Waals surface area contributed by atoms with E-state index in [1.54, 1.807) is 0 Å². The van der Waals surface area contributed by atoms with Crippen molar-refractivity contribution < 1.29 is 13.0 Å². The van der Waals surface area contributed by atoms with Crippen molar-refractivity contribution in [3.05, 3.63) is 38.5 Å². The molecule has 8 heteroatoms. The van der Waals surface area contributed by atoms with Gasteiger partial charge in [-0.2, -0.15) is 8.42 Å². The Balaban J connectivity index is 3.04. The Bertz CT molecular complexity index is 847. The van der Waals surface area contributed by atoms with Gasteiger partial charge in [-0.25, -0.2) is 4.79 Å². The Labute approximate surface area is 108 Å². The van der Waals surface area contributed by atoms with E-state index >= 15 is 0 Å². The molecule has 2 aromatic rings. The van der Waals surface area contributed by atoms with Crippen LogP contribution in [0.5, 0.6) is 0 Å². The summed E-state index contributed by atoms with van der Waals surface area (Å²) in [5.41, 5.74) is -1.33. The van der Waals surface area contributed by atoms with Crippen molar-refractivity contribution in [1.82, 2.24) is 9.97 Å². The van der Waals surface area contributed by atoms with E-state index < -0.39 is 26.3 Å². The summed E-state index contributed by atoms with van der Waals surface area (Å²) in [5, 5.41) is 0.00655. The van der Waals surface area contributed by atoms with E-state index in [9.17, 15) is 22.6 Å². The molecule has 102 valence electrons. The first-order valence-electron chi connectivity index (χ1n) is 5.60. The second-order valence-corrected chi connectivity index (χ2v) is 5.47.